The summed E-state index contributed by atoms with van der Waals surface area (Å²) in [5.74, 6) is -6.51. The van der Waals surface area contributed by atoms with E-state index in [1.165, 1.54) is 39.5 Å². The van der Waals surface area contributed by atoms with Crippen LogP contribution in [0, 0.1) is 17.8 Å². The zero-order chi connectivity index (χ0) is 46.9. The molecule has 1 rings (SSSR count). The van der Waals surface area contributed by atoms with E-state index in [2.05, 4.69) is 51.0 Å². The van der Waals surface area contributed by atoms with Crippen molar-refractivity contribution >= 4 is 41.4 Å². The van der Waals surface area contributed by atoms with Gasteiger partial charge in [-0.1, -0.05) is 92.7 Å². The van der Waals surface area contributed by atoms with E-state index in [0.717, 1.165) is 32.1 Å². The van der Waals surface area contributed by atoms with Crippen LogP contribution in [-0.4, -0.2) is 118 Å². The van der Waals surface area contributed by atoms with E-state index in [1.807, 2.05) is 41.5 Å². The molecule has 0 aromatic rings. The molecule has 62 heavy (non-hydrogen) atoms. The number of ether oxygens (including phenoxy) is 1. The van der Waals surface area contributed by atoms with Crippen molar-refractivity contribution < 1.29 is 53.6 Å². The van der Waals surface area contributed by atoms with Gasteiger partial charge in [0.15, 0.2) is 0 Å². The van der Waals surface area contributed by atoms with E-state index in [-0.39, 0.29) is 43.4 Å². The van der Waals surface area contributed by atoms with Crippen LogP contribution in [0.4, 0.5) is 0 Å². The topological polar surface area (TPSA) is 262 Å². The second kappa shape index (κ2) is 30.1. The predicted octanol–water partition coefficient (Wildman–Crippen LogP) is 2.58. The van der Waals surface area contributed by atoms with Crippen molar-refractivity contribution in [3.05, 3.63) is 12.2 Å². The van der Waals surface area contributed by atoms with E-state index in [0.29, 0.717) is 6.42 Å². The Morgan fingerprint density at radius 1 is 0.710 bits per heavy atom. The molecule has 9 unspecified atom stereocenters. The molecule has 0 saturated carbocycles. The Balaban J connectivity index is 3.32. The van der Waals surface area contributed by atoms with Gasteiger partial charge in [-0.05, 0) is 83.0 Å². The lowest BCUT2D eigenvalue weighted by Crippen LogP contribution is -2.64. The molecule has 9 atom stereocenters. The quantitative estimate of drug-likeness (QED) is 0.0387. The van der Waals surface area contributed by atoms with Crippen LogP contribution in [0.25, 0.3) is 0 Å². The number of allylic oxidation sites excluding steroid dienone is 2. The molecule has 0 aliphatic carbocycles. The van der Waals surface area contributed by atoms with Gasteiger partial charge in [-0.3, -0.25) is 28.8 Å². The monoisotopic (exact) mass is 881 g/mol. The predicted molar refractivity (Wildman–Crippen MR) is 236 cm³/mol. The zero-order valence-electron chi connectivity index (χ0n) is 38.8. The van der Waals surface area contributed by atoms with Crippen LogP contribution in [0.3, 0.4) is 0 Å². The summed E-state index contributed by atoms with van der Waals surface area (Å²) in [6.45, 7) is 14.7. The third-order valence-corrected chi connectivity index (χ3v) is 10.5. The SMILES string of the molecule is CCCCCCC=CCCCCCC(O)CC(=O)NC(CC(C)C)C(=O)NC1C(=O)NC(CO)C(=O)NC(C(C)O)C(=O)NC(CC(C)C)C(=O)NC(CC(C)C)C(=O)OC1C. The molecule has 1 saturated heterocycles. The summed E-state index contributed by atoms with van der Waals surface area (Å²) in [4.78, 5) is 95.3. The number of aliphatic hydroxyl groups is 3. The average molecular weight is 881 g/mol. The molecule has 0 aromatic heterocycles. The average Bonchev–Trinajstić information content (AvgIpc) is 3.17. The lowest BCUT2D eigenvalue weighted by Gasteiger charge is -2.31. The van der Waals surface area contributed by atoms with Gasteiger partial charge in [0.25, 0.3) is 0 Å². The number of rotatable bonds is 24. The molecule has 1 heterocycles. The Labute approximate surface area is 369 Å². The van der Waals surface area contributed by atoms with Gasteiger partial charge < -0.3 is 52.0 Å². The van der Waals surface area contributed by atoms with Crippen LogP contribution in [0.15, 0.2) is 12.2 Å². The first kappa shape index (κ1) is 55.9. The van der Waals surface area contributed by atoms with Gasteiger partial charge in [0, 0.05) is 0 Å². The molecule has 1 aliphatic heterocycles. The van der Waals surface area contributed by atoms with E-state index in [4.69, 9.17) is 4.74 Å². The number of unbranched alkanes of at least 4 members (excludes halogenated alkanes) is 7. The minimum atomic E-state index is -1.71. The summed E-state index contributed by atoms with van der Waals surface area (Å²) < 4.78 is 5.73. The van der Waals surface area contributed by atoms with Crippen molar-refractivity contribution in [2.45, 2.75) is 207 Å². The van der Waals surface area contributed by atoms with E-state index in [1.54, 1.807) is 0 Å². The van der Waals surface area contributed by atoms with Crippen molar-refractivity contribution in [2.24, 2.45) is 17.8 Å². The van der Waals surface area contributed by atoms with Crippen LogP contribution in [0.5, 0.6) is 0 Å². The molecule has 0 radical (unpaired) electrons. The van der Waals surface area contributed by atoms with Crippen molar-refractivity contribution in [3.8, 4) is 0 Å². The Kier molecular flexibility index (Phi) is 27.1. The molecule has 17 nitrogen and oxygen atoms in total. The molecule has 356 valence electrons. The van der Waals surface area contributed by atoms with Gasteiger partial charge in [-0.25, -0.2) is 4.79 Å². The number of carbonyl (C=O) groups excluding carboxylic acids is 7. The number of esters is 1. The van der Waals surface area contributed by atoms with E-state index in [9.17, 15) is 48.9 Å². The summed E-state index contributed by atoms with van der Waals surface area (Å²) in [6.07, 6.45) is 10.6. The summed E-state index contributed by atoms with van der Waals surface area (Å²) >= 11 is 0. The Morgan fingerprint density at radius 2 is 1.26 bits per heavy atom. The van der Waals surface area contributed by atoms with Gasteiger partial charge in [0.05, 0.1) is 25.2 Å². The van der Waals surface area contributed by atoms with E-state index >= 15 is 0 Å². The van der Waals surface area contributed by atoms with Crippen LogP contribution < -0.4 is 31.9 Å². The van der Waals surface area contributed by atoms with Gasteiger partial charge in [-0.15, -0.1) is 0 Å². The lowest BCUT2D eigenvalue weighted by molar-refractivity contribution is -0.156. The first-order valence-electron chi connectivity index (χ1n) is 22.8. The second-order valence-corrected chi connectivity index (χ2v) is 18.0. The minimum Gasteiger partial charge on any atom is -0.458 e. The maximum absolute atomic E-state index is 14.0. The number of carbonyl (C=O) groups is 7. The van der Waals surface area contributed by atoms with Gasteiger partial charge in [0.1, 0.15) is 42.4 Å². The molecular formula is C45H80N6O11. The van der Waals surface area contributed by atoms with Crippen molar-refractivity contribution in [3.63, 3.8) is 0 Å². The lowest BCUT2D eigenvalue weighted by atomic mass is 9.99. The third kappa shape index (κ3) is 22.3. The fourth-order valence-electron chi connectivity index (χ4n) is 7.04. The van der Waals surface area contributed by atoms with Crippen LogP contribution in [0.2, 0.25) is 0 Å². The van der Waals surface area contributed by atoms with Crippen molar-refractivity contribution in [1.82, 2.24) is 31.9 Å². The summed E-state index contributed by atoms with van der Waals surface area (Å²) in [5, 5.41) is 46.4. The fourth-order valence-corrected chi connectivity index (χ4v) is 7.04. The maximum Gasteiger partial charge on any atom is 0.328 e. The van der Waals surface area contributed by atoms with Crippen molar-refractivity contribution in [1.29, 1.82) is 0 Å². The highest BCUT2D eigenvalue weighted by atomic mass is 16.5. The highest BCUT2D eigenvalue weighted by Crippen LogP contribution is 2.15. The molecule has 0 bridgehead atoms. The molecule has 17 heteroatoms. The largest absolute Gasteiger partial charge is 0.458 e. The summed E-state index contributed by atoms with van der Waals surface area (Å²) in [5.41, 5.74) is 0. The number of cyclic esters (lactones) is 1. The molecule has 9 N–H and O–H groups in total. The molecule has 6 amide bonds. The number of aliphatic hydroxyl groups excluding tert-OH is 3. The number of hydrogen-bond acceptors (Lipinski definition) is 11. The maximum atomic E-state index is 14.0. The molecule has 0 aromatic carbocycles. The fraction of sp³-hybridized carbons (Fsp3) is 0.800. The standard InChI is InChI=1S/C45H80N6O11/c1-10-11-12-13-14-15-16-17-18-19-20-21-32(54)25-37(55)46-33(22-27(2)3)41(57)51-39-31(9)62-45(61)35(24-29(6)7)48-40(56)34(23-28(4)5)47-43(59)38(30(8)53)50-42(58)36(26-52)49-44(39)60/h15-16,27-36,38-39,52-54H,10-14,17-26H2,1-9H3,(H,46,55)(H,47,59)(H,48,56)(H,49,60)(H,50,58)(H,51,57). The number of nitrogens with one attached hydrogen (secondary N) is 6. The number of amides is 6. The van der Waals surface area contributed by atoms with Crippen LogP contribution in [-0.2, 0) is 38.3 Å². The highest BCUT2D eigenvalue weighted by molar-refractivity contribution is 5.97. The molecule has 0 spiro atoms. The molecule has 1 aliphatic rings. The molecular weight excluding hydrogens is 801 g/mol. The minimum absolute atomic E-state index is 0.104. The summed E-state index contributed by atoms with van der Waals surface area (Å²) in [6, 6.07) is -8.65. The van der Waals surface area contributed by atoms with E-state index < -0.39 is 103 Å². The summed E-state index contributed by atoms with van der Waals surface area (Å²) in [7, 11) is 0. The normalized spacial score (nSPS) is 23.6. The molecule has 1 fully saturated rings. The first-order valence-corrected chi connectivity index (χ1v) is 22.8. The van der Waals surface area contributed by atoms with Crippen LogP contribution in [0.1, 0.15) is 152 Å². The Morgan fingerprint density at radius 3 is 1.81 bits per heavy atom. The van der Waals surface area contributed by atoms with Gasteiger partial charge in [0.2, 0.25) is 35.4 Å². The first-order chi connectivity index (χ1) is 29.2. The zero-order valence-corrected chi connectivity index (χ0v) is 38.8. The highest BCUT2D eigenvalue weighted by Gasteiger charge is 2.39. The van der Waals surface area contributed by atoms with Gasteiger partial charge in [-0.2, -0.15) is 0 Å². The third-order valence-electron chi connectivity index (χ3n) is 10.5. The Bertz CT molecular complexity index is 1440. The Hall–Kier alpha value is -4.09. The van der Waals surface area contributed by atoms with Crippen LogP contribution >= 0.6 is 0 Å². The second-order valence-electron chi connectivity index (χ2n) is 18.0. The van der Waals surface area contributed by atoms with Gasteiger partial charge >= 0.3 is 5.97 Å². The van der Waals surface area contributed by atoms with Crippen molar-refractivity contribution in [2.75, 3.05) is 6.61 Å². The number of hydrogen-bond donors (Lipinski definition) is 9. The smallest absolute Gasteiger partial charge is 0.328 e.